The molecular formula is C15H20FNO2. The van der Waals surface area contributed by atoms with Crippen molar-refractivity contribution in [2.45, 2.75) is 33.3 Å². The Labute approximate surface area is 113 Å². The predicted octanol–water partition coefficient (Wildman–Crippen LogP) is 2.95. The smallest absolute Gasteiger partial charge is 0.161 e. The van der Waals surface area contributed by atoms with Crippen molar-refractivity contribution in [3.05, 3.63) is 29.1 Å². The van der Waals surface area contributed by atoms with Gasteiger partial charge in [-0.1, -0.05) is 6.92 Å². The fourth-order valence-electron chi connectivity index (χ4n) is 2.40. The molecule has 0 radical (unpaired) electrons. The van der Waals surface area contributed by atoms with E-state index in [0.29, 0.717) is 17.7 Å². The fraction of sp³-hybridized carbons (Fsp3) is 0.533. The Balaban J connectivity index is 2.37. The molecule has 19 heavy (non-hydrogen) atoms. The summed E-state index contributed by atoms with van der Waals surface area (Å²) >= 11 is 0. The van der Waals surface area contributed by atoms with Gasteiger partial charge < -0.3 is 9.64 Å². The van der Waals surface area contributed by atoms with Crippen LogP contribution in [0.2, 0.25) is 0 Å². The molecule has 0 bridgehead atoms. The number of Topliss-reactive ketones (excluding diaryl/α,β-unsaturated/α-hetero) is 1. The van der Waals surface area contributed by atoms with Crippen molar-refractivity contribution in [2.24, 2.45) is 0 Å². The molecule has 1 unspecified atom stereocenters. The molecule has 1 atom stereocenters. The van der Waals surface area contributed by atoms with E-state index < -0.39 is 0 Å². The highest BCUT2D eigenvalue weighted by Gasteiger charge is 2.23. The maximum absolute atomic E-state index is 13.6. The number of nitrogens with zero attached hydrogens (tertiary/aromatic N) is 1. The van der Waals surface area contributed by atoms with Crippen LogP contribution in [0.5, 0.6) is 0 Å². The lowest BCUT2D eigenvalue weighted by atomic mass is 10.0. The van der Waals surface area contributed by atoms with Crippen molar-refractivity contribution in [1.29, 1.82) is 0 Å². The van der Waals surface area contributed by atoms with E-state index in [-0.39, 0.29) is 17.7 Å². The van der Waals surface area contributed by atoms with Gasteiger partial charge in [0.05, 0.1) is 12.7 Å². The minimum absolute atomic E-state index is 0.103. The lowest BCUT2D eigenvalue weighted by Crippen LogP contribution is -2.42. The average Bonchev–Trinajstić information content (AvgIpc) is 2.41. The van der Waals surface area contributed by atoms with Gasteiger partial charge in [-0.05, 0) is 38.0 Å². The predicted molar refractivity (Wildman–Crippen MR) is 73.4 cm³/mol. The molecule has 1 heterocycles. The van der Waals surface area contributed by atoms with Gasteiger partial charge in [-0.3, -0.25) is 4.79 Å². The number of hydrogen-bond acceptors (Lipinski definition) is 3. The van der Waals surface area contributed by atoms with Crippen LogP contribution in [0.25, 0.3) is 0 Å². The van der Waals surface area contributed by atoms with Crippen LogP contribution in [0, 0.1) is 12.7 Å². The van der Waals surface area contributed by atoms with Crippen LogP contribution >= 0.6 is 0 Å². The average molecular weight is 265 g/mol. The summed E-state index contributed by atoms with van der Waals surface area (Å²) in [4.78, 5) is 13.8. The summed E-state index contributed by atoms with van der Waals surface area (Å²) in [5.41, 5.74) is 1.85. The van der Waals surface area contributed by atoms with Crippen molar-refractivity contribution < 1.29 is 13.9 Å². The summed E-state index contributed by atoms with van der Waals surface area (Å²) in [5, 5.41) is 0. The summed E-state index contributed by atoms with van der Waals surface area (Å²) < 4.78 is 19.3. The fourth-order valence-corrected chi connectivity index (χ4v) is 2.40. The van der Waals surface area contributed by atoms with E-state index in [1.54, 1.807) is 13.0 Å². The number of morpholine rings is 1. The highest BCUT2D eigenvalue weighted by atomic mass is 19.1. The van der Waals surface area contributed by atoms with Crippen molar-refractivity contribution >= 4 is 11.5 Å². The van der Waals surface area contributed by atoms with E-state index in [0.717, 1.165) is 25.2 Å². The third-order valence-corrected chi connectivity index (χ3v) is 3.59. The molecule has 3 nitrogen and oxygen atoms in total. The molecule has 1 saturated heterocycles. The van der Waals surface area contributed by atoms with Gasteiger partial charge in [-0.25, -0.2) is 4.39 Å². The molecule has 0 spiro atoms. The summed E-state index contributed by atoms with van der Waals surface area (Å²) in [6.07, 6.45) is 1.12. The molecule has 0 aliphatic carbocycles. The van der Waals surface area contributed by atoms with Crippen LogP contribution in [-0.4, -0.2) is 31.6 Å². The molecule has 2 rings (SSSR count). The number of carbonyl (C=O) groups is 1. The molecule has 1 aliphatic rings. The lowest BCUT2D eigenvalue weighted by Gasteiger charge is -2.35. The second kappa shape index (κ2) is 5.70. The Morgan fingerprint density at radius 3 is 2.89 bits per heavy atom. The lowest BCUT2D eigenvalue weighted by molar-refractivity contribution is 0.0383. The normalized spacial score (nSPS) is 19.6. The first-order chi connectivity index (χ1) is 9.02. The van der Waals surface area contributed by atoms with E-state index in [1.807, 2.05) is 0 Å². The van der Waals surface area contributed by atoms with Gasteiger partial charge in [0.15, 0.2) is 5.78 Å². The topological polar surface area (TPSA) is 29.5 Å². The second-order valence-corrected chi connectivity index (χ2v) is 5.02. The number of ketones is 1. The standard InChI is InChI=1S/C15H20FNO2/c1-4-12-9-17(5-6-19-12)15-7-10(2)14(16)8-13(15)11(3)18/h7-8,12H,4-6,9H2,1-3H3. The number of aryl methyl sites for hydroxylation is 1. The zero-order valence-corrected chi connectivity index (χ0v) is 11.7. The second-order valence-electron chi connectivity index (χ2n) is 5.02. The quantitative estimate of drug-likeness (QED) is 0.787. The zero-order chi connectivity index (χ0) is 14.0. The van der Waals surface area contributed by atoms with E-state index >= 15 is 0 Å². The van der Waals surface area contributed by atoms with Crippen LogP contribution < -0.4 is 4.90 Å². The van der Waals surface area contributed by atoms with E-state index in [9.17, 15) is 9.18 Å². The van der Waals surface area contributed by atoms with Crippen LogP contribution in [-0.2, 0) is 4.74 Å². The van der Waals surface area contributed by atoms with Gasteiger partial charge in [0.1, 0.15) is 5.82 Å². The van der Waals surface area contributed by atoms with Gasteiger partial charge in [-0.15, -0.1) is 0 Å². The molecule has 0 saturated carbocycles. The number of anilines is 1. The molecule has 0 amide bonds. The molecule has 1 fully saturated rings. The van der Waals surface area contributed by atoms with Crippen molar-refractivity contribution in [1.82, 2.24) is 0 Å². The minimum Gasteiger partial charge on any atom is -0.375 e. The Morgan fingerprint density at radius 2 is 2.26 bits per heavy atom. The first kappa shape index (κ1) is 14.0. The number of benzene rings is 1. The number of hydrogen-bond donors (Lipinski definition) is 0. The highest BCUT2D eigenvalue weighted by Crippen LogP contribution is 2.27. The van der Waals surface area contributed by atoms with Crippen molar-refractivity contribution in [2.75, 3.05) is 24.6 Å². The summed E-state index contributed by atoms with van der Waals surface area (Å²) in [7, 11) is 0. The van der Waals surface area contributed by atoms with E-state index in [1.165, 1.54) is 13.0 Å². The van der Waals surface area contributed by atoms with E-state index in [2.05, 4.69) is 11.8 Å². The largest absolute Gasteiger partial charge is 0.375 e. The van der Waals surface area contributed by atoms with Gasteiger partial charge in [0.25, 0.3) is 0 Å². The molecule has 1 aromatic rings. The van der Waals surface area contributed by atoms with Gasteiger partial charge in [0, 0.05) is 24.3 Å². The van der Waals surface area contributed by atoms with Crippen LogP contribution in [0.15, 0.2) is 12.1 Å². The maximum atomic E-state index is 13.6. The monoisotopic (exact) mass is 265 g/mol. The number of ether oxygens (including phenoxy) is 1. The first-order valence-electron chi connectivity index (χ1n) is 6.70. The van der Waals surface area contributed by atoms with Gasteiger partial charge in [0.2, 0.25) is 0 Å². The van der Waals surface area contributed by atoms with Crippen molar-refractivity contribution in [3.63, 3.8) is 0 Å². The molecule has 1 aliphatic heterocycles. The van der Waals surface area contributed by atoms with Gasteiger partial charge >= 0.3 is 0 Å². The Bertz CT molecular complexity index is 487. The maximum Gasteiger partial charge on any atom is 0.161 e. The summed E-state index contributed by atoms with van der Waals surface area (Å²) in [6.45, 7) is 7.41. The Morgan fingerprint density at radius 1 is 1.53 bits per heavy atom. The molecule has 104 valence electrons. The minimum atomic E-state index is -0.325. The Kier molecular flexibility index (Phi) is 4.20. The first-order valence-corrected chi connectivity index (χ1v) is 6.70. The summed E-state index contributed by atoms with van der Waals surface area (Å²) in [6, 6.07) is 3.12. The summed E-state index contributed by atoms with van der Waals surface area (Å²) in [5.74, 6) is -0.428. The molecule has 0 aromatic heterocycles. The van der Waals surface area contributed by atoms with Crippen LogP contribution in [0.4, 0.5) is 10.1 Å². The van der Waals surface area contributed by atoms with E-state index in [4.69, 9.17) is 4.74 Å². The van der Waals surface area contributed by atoms with Crippen LogP contribution in [0.1, 0.15) is 36.2 Å². The third kappa shape index (κ3) is 2.95. The SMILES string of the molecule is CCC1CN(c2cc(C)c(F)cc2C(C)=O)CCO1. The third-order valence-electron chi connectivity index (χ3n) is 3.59. The highest BCUT2D eigenvalue weighted by molar-refractivity contribution is 6.00. The molecular weight excluding hydrogens is 245 g/mol. The van der Waals surface area contributed by atoms with Gasteiger partial charge in [-0.2, -0.15) is 0 Å². The van der Waals surface area contributed by atoms with Crippen LogP contribution in [0.3, 0.4) is 0 Å². The number of rotatable bonds is 3. The van der Waals surface area contributed by atoms with Crippen molar-refractivity contribution in [3.8, 4) is 0 Å². The number of carbonyl (C=O) groups excluding carboxylic acids is 1. The molecule has 4 heteroatoms. The Hall–Kier alpha value is -1.42. The number of halogens is 1. The molecule has 1 aromatic carbocycles. The zero-order valence-electron chi connectivity index (χ0n) is 11.7. The molecule has 0 N–H and O–H groups in total.